The van der Waals surface area contributed by atoms with Gasteiger partial charge in [0.1, 0.15) is 0 Å². The first-order valence-electron chi connectivity index (χ1n) is 4.92. The van der Waals surface area contributed by atoms with Crippen LogP contribution in [0.2, 0.25) is 0 Å². The van der Waals surface area contributed by atoms with Crippen LogP contribution in [0, 0.1) is 6.92 Å². The molecule has 0 atom stereocenters. The molecule has 0 fully saturated rings. The van der Waals surface area contributed by atoms with Crippen LogP contribution in [-0.4, -0.2) is 18.2 Å². The molecule has 1 aromatic carbocycles. The van der Waals surface area contributed by atoms with E-state index in [9.17, 15) is 8.42 Å². The van der Waals surface area contributed by atoms with Crippen LogP contribution in [0.3, 0.4) is 0 Å². The average Bonchev–Trinajstić information content (AvgIpc) is 2.66. The zero-order chi connectivity index (χ0) is 13.5. The maximum Gasteiger partial charge on any atom is 0.238 e. The van der Waals surface area contributed by atoms with Gasteiger partial charge in [-0.1, -0.05) is 0 Å². The van der Waals surface area contributed by atoms with Crippen LogP contribution in [0.1, 0.15) is 5.56 Å². The molecule has 0 amide bonds. The van der Waals surface area contributed by atoms with Crippen molar-refractivity contribution in [2.75, 3.05) is 5.73 Å². The van der Waals surface area contributed by atoms with E-state index in [1.165, 1.54) is 10.7 Å². The van der Waals surface area contributed by atoms with E-state index in [1.54, 1.807) is 25.4 Å². The summed E-state index contributed by atoms with van der Waals surface area (Å²) in [4.78, 5) is 0.00382. The highest BCUT2D eigenvalue weighted by molar-refractivity contribution is 9.10. The Hall–Kier alpha value is -1.38. The summed E-state index contributed by atoms with van der Waals surface area (Å²) >= 11 is 3.27. The summed E-state index contributed by atoms with van der Waals surface area (Å²) in [6.45, 7) is 1.66. The molecule has 0 aliphatic carbocycles. The van der Waals surface area contributed by atoms with E-state index in [0.29, 0.717) is 16.9 Å². The first-order chi connectivity index (χ1) is 8.29. The minimum absolute atomic E-state index is 0.00382. The fourth-order valence-corrected chi connectivity index (χ4v) is 2.78. The van der Waals surface area contributed by atoms with E-state index in [-0.39, 0.29) is 4.90 Å². The van der Waals surface area contributed by atoms with Gasteiger partial charge in [0, 0.05) is 11.9 Å². The number of nitrogens with two attached hydrogens (primary N) is 2. The van der Waals surface area contributed by atoms with Crippen LogP contribution < -0.4 is 10.9 Å². The highest BCUT2D eigenvalue weighted by atomic mass is 79.9. The van der Waals surface area contributed by atoms with E-state index in [1.807, 2.05) is 0 Å². The predicted molar refractivity (Wildman–Crippen MR) is 71.8 cm³/mol. The summed E-state index contributed by atoms with van der Waals surface area (Å²) in [5.74, 6) is 0. The fourth-order valence-electron chi connectivity index (χ4n) is 1.66. The Labute approximate surface area is 113 Å². The number of primary sulfonamides is 1. The van der Waals surface area contributed by atoms with Gasteiger partial charge in [-0.25, -0.2) is 18.2 Å². The van der Waals surface area contributed by atoms with Crippen LogP contribution in [-0.2, 0) is 10.0 Å². The highest BCUT2D eigenvalue weighted by Gasteiger charge is 2.16. The summed E-state index contributed by atoms with van der Waals surface area (Å²) in [7, 11) is -3.81. The Morgan fingerprint density at radius 2 is 2.06 bits per heavy atom. The van der Waals surface area contributed by atoms with Gasteiger partial charge < -0.3 is 5.73 Å². The molecule has 0 unspecified atom stereocenters. The predicted octanol–water partition coefficient (Wildman–Crippen LogP) is 1.17. The third-order valence-electron chi connectivity index (χ3n) is 2.46. The maximum absolute atomic E-state index is 11.5. The van der Waals surface area contributed by atoms with Crippen molar-refractivity contribution >= 4 is 31.6 Å². The Morgan fingerprint density at radius 1 is 1.39 bits per heavy atom. The second-order valence-electron chi connectivity index (χ2n) is 3.81. The molecular formula is C10H11BrN4O2S. The monoisotopic (exact) mass is 330 g/mol. The van der Waals surface area contributed by atoms with Crippen molar-refractivity contribution in [3.8, 4) is 5.69 Å². The largest absolute Gasteiger partial charge is 0.399 e. The number of aromatic nitrogens is 2. The standard InChI is InChI=1S/C10H11BrN4O2S/c1-6-9(15-5-7(11)4-14-15)2-8(12)3-10(6)18(13,16)17/h2-5H,12H2,1H3,(H2,13,16,17). The van der Waals surface area contributed by atoms with Crippen LogP contribution in [0.25, 0.3) is 5.69 Å². The number of nitrogens with zero attached hydrogens (tertiary/aromatic N) is 2. The third kappa shape index (κ3) is 2.40. The van der Waals surface area contributed by atoms with Crippen LogP contribution in [0.5, 0.6) is 0 Å². The zero-order valence-electron chi connectivity index (χ0n) is 9.46. The molecule has 1 aromatic heterocycles. The van der Waals surface area contributed by atoms with Crippen molar-refractivity contribution in [2.24, 2.45) is 5.14 Å². The van der Waals surface area contributed by atoms with Crippen molar-refractivity contribution in [2.45, 2.75) is 11.8 Å². The minimum atomic E-state index is -3.81. The number of rotatable bonds is 2. The van der Waals surface area contributed by atoms with Gasteiger partial charge in [-0.2, -0.15) is 5.10 Å². The molecule has 0 aliphatic heterocycles. The molecule has 4 N–H and O–H groups in total. The molecule has 2 rings (SSSR count). The second-order valence-corrected chi connectivity index (χ2v) is 6.26. The Balaban J connectivity index is 2.74. The maximum atomic E-state index is 11.5. The second kappa shape index (κ2) is 4.38. The third-order valence-corrected chi connectivity index (χ3v) is 3.91. The first-order valence-corrected chi connectivity index (χ1v) is 7.26. The fraction of sp³-hybridized carbons (Fsp3) is 0.100. The molecule has 0 radical (unpaired) electrons. The van der Waals surface area contributed by atoms with E-state index in [2.05, 4.69) is 21.0 Å². The normalized spacial score (nSPS) is 11.7. The number of hydrogen-bond acceptors (Lipinski definition) is 4. The van der Waals surface area contributed by atoms with Gasteiger partial charge in [-0.15, -0.1) is 0 Å². The summed E-state index contributed by atoms with van der Waals surface area (Å²) in [5.41, 5.74) is 7.08. The summed E-state index contributed by atoms with van der Waals surface area (Å²) in [6.07, 6.45) is 3.30. The smallest absolute Gasteiger partial charge is 0.238 e. The lowest BCUT2D eigenvalue weighted by Gasteiger charge is -2.11. The van der Waals surface area contributed by atoms with Crippen molar-refractivity contribution in [1.82, 2.24) is 9.78 Å². The molecule has 96 valence electrons. The van der Waals surface area contributed by atoms with Gasteiger partial charge in [0.05, 0.1) is 21.3 Å². The van der Waals surface area contributed by atoms with Gasteiger partial charge in [0.25, 0.3) is 0 Å². The van der Waals surface area contributed by atoms with E-state index >= 15 is 0 Å². The quantitative estimate of drug-likeness (QED) is 0.806. The lowest BCUT2D eigenvalue weighted by molar-refractivity contribution is 0.597. The van der Waals surface area contributed by atoms with Gasteiger partial charge in [-0.3, -0.25) is 0 Å². The molecule has 18 heavy (non-hydrogen) atoms. The lowest BCUT2D eigenvalue weighted by Crippen LogP contribution is -2.15. The molecule has 0 spiro atoms. The summed E-state index contributed by atoms with van der Waals surface area (Å²) in [6, 6.07) is 2.98. The van der Waals surface area contributed by atoms with Crippen molar-refractivity contribution in [3.05, 3.63) is 34.6 Å². The molecule has 0 bridgehead atoms. The van der Waals surface area contributed by atoms with Gasteiger partial charge >= 0.3 is 0 Å². The molecule has 0 saturated carbocycles. The number of anilines is 1. The Morgan fingerprint density at radius 3 is 2.56 bits per heavy atom. The molecule has 6 nitrogen and oxygen atoms in total. The average molecular weight is 331 g/mol. The summed E-state index contributed by atoms with van der Waals surface area (Å²) < 4.78 is 25.3. The van der Waals surface area contributed by atoms with Crippen LogP contribution >= 0.6 is 15.9 Å². The SMILES string of the molecule is Cc1c(-n2cc(Br)cn2)cc(N)cc1S(N)(=O)=O. The molecular weight excluding hydrogens is 320 g/mol. The lowest BCUT2D eigenvalue weighted by atomic mass is 10.2. The minimum Gasteiger partial charge on any atom is -0.399 e. The zero-order valence-corrected chi connectivity index (χ0v) is 11.9. The molecule has 2 aromatic rings. The number of nitrogen functional groups attached to an aromatic ring is 1. The van der Waals surface area contributed by atoms with Crippen molar-refractivity contribution in [1.29, 1.82) is 0 Å². The van der Waals surface area contributed by atoms with E-state index in [4.69, 9.17) is 10.9 Å². The summed E-state index contributed by atoms with van der Waals surface area (Å²) in [5, 5.41) is 9.25. The van der Waals surface area contributed by atoms with Gasteiger partial charge in [-0.05, 0) is 40.5 Å². The van der Waals surface area contributed by atoms with Crippen LogP contribution in [0.4, 0.5) is 5.69 Å². The molecule has 8 heteroatoms. The number of halogens is 1. The number of sulfonamides is 1. The van der Waals surface area contributed by atoms with Crippen molar-refractivity contribution in [3.63, 3.8) is 0 Å². The molecule has 0 saturated heterocycles. The van der Waals surface area contributed by atoms with Crippen LogP contribution in [0.15, 0.2) is 33.9 Å². The number of hydrogen-bond donors (Lipinski definition) is 2. The Kier molecular flexibility index (Phi) is 3.18. The highest BCUT2D eigenvalue weighted by Crippen LogP contribution is 2.25. The molecule has 1 heterocycles. The number of benzene rings is 1. The first kappa shape index (κ1) is 13.1. The topological polar surface area (TPSA) is 104 Å². The molecule has 0 aliphatic rings. The van der Waals surface area contributed by atoms with Gasteiger partial charge in [0.15, 0.2) is 0 Å². The van der Waals surface area contributed by atoms with Crippen molar-refractivity contribution < 1.29 is 8.42 Å². The van der Waals surface area contributed by atoms with E-state index in [0.717, 1.165) is 4.47 Å². The van der Waals surface area contributed by atoms with Gasteiger partial charge in [0.2, 0.25) is 10.0 Å². The Bertz CT molecular complexity index is 709. The van der Waals surface area contributed by atoms with E-state index < -0.39 is 10.0 Å².